The second-order valence-corrected chi connectivity index (χ2v) is 8.10. The molecule has 0 spiro atoms. The first-order chi connectivity index (χ1) is 13.4. The molecule has 1 unspecified atom stereocenters. The topological polar surface area (TPSA) is 85.8 Å². The smallest absolute Gasteiger partial charge is 0.167 e. The summed E-state index contributed by atoms with van der Waals surface area (Å²) in [6.45, 7) is 6.19. The summed E-state index contributed by atoms with van der Waals surface area (Å²) < 4.78 is 3.74. The van der Waals surface area contributed by atoms with E-state index in [0.717, 1.165) is 22.8 Å². The van der Waals surface area contributed by atoms with Gasteiger partial charge in [0.25, 0.3) is 0 Å². The van der Waals surface area contributed by atoms with Gasteiger partial charge in [-0.25, -0.2) is 9.36 Å². The van der Waals surface area contributed by atoms with E-state index in [1.807, 2.05) is 52.8 Å². The summed E-state index contributed by atoms with van der Waals surface area (Å²) >= 11 is 0. The van der Waals surface area contributed by atoms with Crippen LogP contribution in [0.5, 0.6) is 0 Å². The minimum Gasteiger partial charge on any atom is -0.396 e. The van der Waals surface area contributed by atoms with Crippen LogP contribution in [0, 0.1) is 12.3 Å². The molecule has 2 aromatic heterocycles. The van der Waals surface area contributed by atoms with Crippen molar-refractivity contribution >= 4 is 5.78 Å². The third-order valence-electron chi connectivity index (χ3n) is 5.40. The zero-order valence-electron chi connectivity index (χ0n) is 16.5. The lowest BCUT2D eigenvalue weighted by atomic mass is 9.71. The molecule has 1 aliphatic rings. The van der Waals surface area contributed by atoms with Crippen LogP contribution < -0.4 is 0 Å². The Morgan fingerprint density at radius 1 is 1.25 bits per heavy atom. The molecular formula is C21H25N5O2. The van der Waals surface area contributed by atoms with Crippen LogP contribution in [0.4, 0.5) is 0 Å². The number of ketones is 1. The van der Waals surface area contributed by atoms with Crippen LogP contribution in [-0.2, 0) is 6.42 Å². The lowest BCUT2D eigenvalue weighted by Gasteiger charge is -2.38. The van der Waals surface area contributed by atoms with Gasteiger partial charge in [-0.2, -0.15) is 5.10 Å². The molecule has 4 rings (SSSR count). The van der Waals surface area contributed by atoms with Crippen LogP contribution >= 0.6 is 0 Å². The van der Waals surface area contributed by atoms with Crippen molar-refractivity contribution in [3.8, 4) is 5.69 Å². The zero-order chi connectivity index (χ0) is 19.9. The average molecular weight is 379 g/mol. The number of benzene rings is 1. The molecule has 1 aliphatic carbocycles. The molecular weight excluding hydrogens is 354 g/mol. The Morgan fingerprint density at radius 3 is 2.71 bits per heavy atom. The summed E-state index contributed by atoms with van der Waals surface area (Å²) in [5, 5.41) is 22.5. The van der Waals surface area contributed by atoms with Gasteiger partial charge in [0.2, 0.25) is 0 Å². The predicted molar refractivity (Wildman–Crippen MR) is 105 cm³/mol. The highest BCUT2D eigenvalue weighted by atomic mass is 16.2. The molecule has 2 heterocycles. The molecule has 146 valence electrons. The third kappa shape index (κ3) is 3.05. The van der Waals surface area contributed by atoms with Gasteiger partial charge < -0.3 is 5.11 Å². The van der Waals surface area contributed by atoms with E-state index in [0.29, 0.717) is 24.8 Å². The van der Waals surface area contributed by atoms with Gasteiger partial charge in [-0.3, -0.25) is 4.79 Å². The third-order valence-corrected chi connectivity index (χ3v) is 5.40. The predicted octanol–water partition coefficient (Wildman–Crippen LogP) is 2.90. The molecule has 3 aromatic rings. The van der Waals surface area contributed by atoms with E-state index in [1.54, 1.807) is 0 Å². The second-order valence-electron chi connectivity index (χ2n) is 8.10. The molecule has 0 fully saturated rings. The minimum absolute atomic E-state index is 0.122. The Hall–Kier alpha value is -2.80. The molecule has 0 aliphatic heterocycles. The number of aliphatic hydroxyl groups is 1. The second kappa shape index (κ2) is 6.98. The summed E-state index contributed by atoms with van der Waals surface area (Å²) in [6, 6.07) is 9.70. The number of rotatable bonds is 5. The first-order valence-electron chi connectivity index (χ1n) is 9.62. The molecule has 7 nitrogen and oxygen atoms in total. The van der Waals surface area contributed by atoms with Crippen LogP contribution in [0.3, 0.4) is 0 Å². The molecule has 0 bridgehead atoms. The van der Waals surface area contributed by atoms with Gasteiger partial charge in [0, 0.05) is 24.6 Å². The number of carbonyl (C=O) groups is 1. The van der Waals surface area contributed by atoms with Crippen molar-refractivity contribution < 1.29 is 9.90 Å². The SMILES string of the molecule is Cc1nn(-c2ccccc2)c2c1C(=O)CC(C)(C)C2n1cc(CCCO)nn1. The van der Waals surface area contributed by atoms with Gasteiger partial charge >= 0.3 is 0 Å². The van der Waals surface area contributed by atoms with Crippen LogP contribution in [0.2, 0.25) is 0 Å². The number of aliphatic hydroxyl groups excluding tert-OH is 1. The largest absolute Gasteiger partial charge is 0.396 e. The Labute approximate surface area is 164 Å². The van der Waals surface area contributed by atoms with Gasteiger partial charge in [-0.05, 0) is 31.9 Å². The van der Waals surface area contributed by atoms with Crippen molar-refractivity contribution in [3.63, 3.8) is 0 Å². The molecule has 0 radical (unpaired) electrons. The number of aromatic nitrogens is 5. The van der Waals surface area contributed by atoms with Crippen LogP contribution in [0.15, 0.2) is 36.5 Å². The quantitative estimate of drug-likeness (QED) is 0.737. The van der Waals surface area contributed by atoms with Crippen molar-refractivity contribution in [1.82, 2.24) is 24.8 Å². The molecule has 0 amide bonds. The summed E-state index contributed by atoms with van der Waals surface area (Å²) in [5.74, 6) is 0.122. The Bertz CT molecular complexity index is 1000. The number of hydrogen-bond acceptors (Lipinski definition) is 5. The van der Waals surface area contributed by atoms with Crippen molar-refractivity contribution in [3.05, 3.63) is 59.2 Å². The number of nitrogens with zero attached hydrogens (tertiary/aromatic N) is 5. The summed E-state index contributed by atoms with van der Waals surface area (Å²) in [4.78, 5) is 13.0. The normalized spacial score (nSPS) is 18.3. The fourth-order valence-corrected chi connectivity index (χ4v) is 4.17. The molecule has 1 N–H and O–H groups in total. The molecule has 1 atom stereocenters. The highest BCUT2D eigenvalue weighted by molar-refractivity contribution is 6.00. The standard InChI is InChI=1S/C21H25N5O2/c1-14-18-17(28)12-21(2,3)20(25-13-15(22-24-25)8-7-11-27)19(18)26(23-14)16-9-5-4-6-10-16/h4-6,9-10,13,20,27H,7-8,11-12H2,1-3H3. The number of Topliss-reactive ketones (excluding diaryl/α,β-unsaturated/α-hetero) is 1. The van der Waals surface area contributed by atoms with Gasteiger partial charge in [-0.1, -0.05) is 37.3 Å². The highest BCUT2D eigenvalue weighted by Gasteiger charge is 2.45. The number of aryl methyl sites for hydroxylation is 2. The molecule has 1 aromatic carbocycles. The van der Waals surface area contributed by atoms with E-state index >= 15 is 0 Å². The monoisotopic (exact) mass is 379 g/mol. The van der Waals surface area contributed by atoms with Gasteiger partial charge in [-0.15, -0.1) is 5.10 Å². The lowest BCUT2D eigenvalue weighted by molar-refractivity contribution is 0.0854. The van der Waals surface area contributed by atoms with E-state index in [1.165, 1.54) is 0 Å². The maximum Gasteiger partial charge on any atom is 0.167 e. The molecule has 0 saturated heterocycles. The van der Waals surface area contributed by atoms with E-state index in [4.69, 9.17) is 10.2 Å². The van der Waals surface area contributed by atoms with Gasteiger partial charge in [0.1, 0.15) is 6.04 Å². The summed E-state index contributed by atoms with van der Waals surface area (Å²) in [7, 11) is 0. The minimum atomic E-state index is -0.342. The molecule has 28 heavy (non-hydrogen) atoms. The number of para-hydroxylation sites is 1. The van der Waals surface area contributed by atoms with Crippen LogP contribution in [0.1, 0.15) is 60.2 Å². The van der Waals surface area contributed by atoms with Gasteiger partial charge in [0.05, 0.1) is 28.3 Å². The van der Waals surface area contributed by atoms with Crippen molar-refractivity contribution in [1.29, 1.82) is 0 Å². The maximum absolute atomic E-state index is 13.0. The summed E-state index contributed by atoms with van der Waals surface area (Å²) in [5.41, 5.74) is 3.72. The Kier molecular flexibility index (Phi) is 4.63. The maximum atomic E-state index is 13.0. The summed E-state index contributed by atoms with van der Waals surface area (Å²) in [6.07, 6.45) is 3.68. The van der Waals surface area contributed by atoms with Crippen LogP contribution in [-0.4, -0.2) is 42.3 Å². The highest BCUT2D eigenvalue weighted by Crippen LogP contribution is 2.47. The van der Waals surface area contributed by atoms with E-state index in [2.05, 4.69) is 24.2 Å². The fraction of sp³-hybridized carbons (Fsp3) is 0.429. The van der Waals surface area contributed by atoms with Crippen molar-refractivity contribution in [2.24, 2.45) is 5.41 Å². The first-order valence-corrected chi connectivity index (χ1v) is 9.62. The van der Waals surface area contributed by atoms with E-state index in [9.17, 15) is 4.79 Å². The van der Waals surface area contributed by atoms with Gasteiger partial charge in [0.15, 0.2) is 5.78 Å². The van der Waals surface area contributed by atoms with E-state index in [-0.39, 0.29) is 23.8 Å². The average Bonchev–Trinajstić information content (AvgIpc) is 3.25. The molecule has 0 saturated carbocycles. The Morgan fingerprint density at radius 2 is 2.00 bits per heavy atom. The van der Waals surface area contributed by atoms with Crippen LogP contribution in [0.25, 0.3) is 5.69 Å². The fourth-order valence-electron chi connectivity index (χ4n) is 4.17. The number of hydrogen-bond donors (Lipinski definition) is 1. The molecule has 7 heteroatoms. The Balaban J connectivity index is 1.89. The van der Waals surface area contributed by atoms with E-state index < -0.39 is 0 Å². The van der Waals surface area contributed by atoms with Crippen molar-refractivity contribution in [2.75, 3.05) is 6.61 Å². The van der Waals surface area contributed by atoms with Crippen molar-refractivity contribution in [2.45, 2.75) is 46.1 Å². The zero-order valence-corrected chi connectivity index (χ0v) is 16.5. The number of carbonyl (C=O) groups excluding carboxylic acids is 1. The lowest BCUT2D eigenvalue weighted by Crippen LogP contribution is -2.37. The number of fused-ring (bicyclic) bond motifs is 1. The first kappa shape index (κ1) is 18.6.